The standard InChI is InChI=1S/C15H23FN2O3S/c1-3-10-18(12-6-8-17-9-7-12)22(19,20)13-4-5-14(16)15(11-13)21-2/h4-5,11-12,17H,3,6-10H2,1-2H3. The molecule has 0 radical (unpaired) electrons. The zero-order valence-corrected chi connectivity index (χ0v) is 13.8. The average molecular weight is 330 g/mol. The first-order valence-corrected chi connectivity index (χ1v) is 9.00. The number of nitrogens with zero attached hydrogens (tertiary/aromatic N) is 1. The predicted molar refractivity (Wildman–Crippen MR) is 83.0 cm³/mol. The number of nitrogens with one attached hydrogen (secondary N) is 1. The van der Waals surface area contributed by atoms with E-state index >= 15 is 0 Å². The second kappa shape index (κ2) is 7.39. The summed E-state index contributed by atoms with van der Waals surface area (Å²) in [6.07, 6.45) is 2.32. The van der Waals surface area contributed by atoms with Crippen LogP contribution in [0, 0.1) is 5.82 Å². The Morgan fingerprint density at radius 3 is 2.64 bits per heavy atom. The molecule has 1 fully saturated rings. The summed E-state index contributed by atoms with van der Waals surface area (Å²) in [4.78, 5) is 0.0812. The van der Waals surface area contributed by atoms with Crippen LogP contribution in [0.4, 0.5) is 4.39 Å². The number of methoxy groups -OCH3 is 1. The maximum Gasteiger partial charge on any atom is 0.243 e. The van der Waals surface area contributed by atoms with Crippen LogP contribution in [0.15, 0.2) is 23.1 Å². The molecular weight excluding hydrogens is 307 g/mol. The van der Waals surface area contributed by atoms with E-state index in [1.165, 1.54) is 19.2 Å². The Bertz CT molecular complexity index is 601. The third-order valence-corrected chi connectivity index (χ3v) is 5.84. The summed E-state index contributed by atoms with van der Waals surface area (Å²) < 4.78 is 45.8. The SMILES string of the molecule is CCCN(C1CCNCC1)S(=O)(=O)c1ccc(F)c(OC)c1. The van der Waals surface area contributed by atoms with Gasteiger partial charge in [0, 0.05) is 18.7 Å². The van der Waals surface area contributed by atoms with Gasteiger partial charge in [-0.3, -0.25) is 0 Å². The Morgan fingerprint density at radius 2 is 2.05 bits per heavy atom. The fourth-order valence-corrected chi connectivity index (χ4v) is 4.54. The molecule has 5 nitrogen and oxygen atoms in total. The molecule has 7 heteroatoms. The largest absolute Gasteiger partial charge is 0.494 e. The van der Waals surface area contributed by atoms with E-state index in [9.17, 15) is 12.8 Å². The molecule has 0 spiro atoms. The van der Waals surface area contributed by atoms with E-state index < -0.39 is 15.8 Å². The van der Waals surface area contributed by atoms with Crippen LogP contribution in [0.25, 0.3) is 0 Å². The van der Waals surface area contributed by atoms with Crippen molar-refractivity contribution in [2.45, 2.75) is 37.1 Å². The maximum absolute atomic E-state index is 13.5. The molecular formula is C15H23FN2O3S. The van der Waals surface area contributed by atoms with Crippen LogP contribution in [0.1, 0.15) is 26.2 Å². The van der Waals surface area contributed by atoms with Crippen LogP contribution in [0.5, 0.6) is 5.75 Å². The summed E-state index contributed by atoms with van der Waals surface area (Å²) in [7, 11) is -2.33. The number of hydrogen-bond acceptors (Lipinski definition) is 4. The van der Waals surface area contributed by atoms with Gasteiger partial charge in [0.2, 0.25) is 10.0 Å². The average Bonchev–Trinajstić information content (AvgIpc) is 2.53. The summed E-state index contributed by atoms with van der Waals surface area (Å²) in [5.74, 6) is -0.617. The molecule has 1 saturated heterocycles. The van der Waals surface area contributed by atoms with Gasteiger partial charge in [0.05, 0.1) is 12.0 Å². The molecule has 0 amide bonds. The molecule has 124 valence electrons. The summed E-state index contributed by atoms with van der Waals surface area (Å²) in [6, 6.07) is 3.69. The fraction of sp³-hybridized carbons (Fsp3) is 0.600. The number of piperidine rings is 1. The predicted octanol–water partition coefficient (Wildman–Crippen LogP) is 1.99. The van der Waals surface area contributed by atoms with E-state index in [2.05, 4.69) is 5.32 Å². The first kappa shape index (κ1) is 17.2. The number of sulfonamides is 1. The van der Waals surface area contributed by atoms with Gasteiger partial charge in [-0.1, -0.05) is 6.92 Å². The molecule has 1 aliphatic rings. The van der Waals surface area contributed by atoms with E-state index in [-0.39, 0.29) is 16.7 Å². The molecule has 0 atom stereocenters. The van der Waals surface area contributed by atoms with Gasteiger partial charge in [-0.15, -0.1) is 0 Å². The lowest BCUT2D eigenvalue weighted by Crippen LogP contribution is -2.46. The normalized spacial score (nSPS) is 16.9. The summed E-state index contributed by atoms with van der Waals surface area (Å²) >= 11 is 0. The molecule has 22 heavy (non-hydrogen) atoms. The third-order valence-electron chi connectivity index (χ3n) is 3.89. The lowest BCUT2D eigenvalue weighted by atomic mass is 10.1. The Kier molecular flexibility index (Phi) is 5.77. The highest BCUT2D eigenvalue weighted by Gasteiger charge is 2.32. The van der Waals surface area contributed by atoms with Gasteiger partial charge in [-0.2, -0.15) is 4.31 Å². The van der Waals surface area contributed by atoms with Gasteiger partial charge in [0.15, 0.2) is 11.6 Å². The number of ether oxygens (including phenoxy) is 1. The number of halogens is 1. The minimum atomic E-state index is -3.65. The lowest BCUT2D eigenvalue weighted by molar-refractivity contribution is 0.262. The van der Waals surface area contributed by atoms with Crippen molar-refractivity contribution in [3.8, 4) is 5.75 Å². The van der Waals surface area contributed by atoms with Crippen LogP contribution < -0.4 is 10.1 Å². The Balaban J connectivity index is 2.35. The molecule has 0 aliphatic carbocycles. The van der Waals surface area contributed by atoms with Crippen LogP contribution in [-0.2, 0) is 10.0 Å². The van der Waals surface area contributed by atoms with E-state index in [0.717, 1.165) is 38.4 Å². The fourth-order valence-electron chi connectivity index (χ4n) is 2.75. The summed E-state index contributed by atoms with van der Waals surface area (Å²) in [5.41, 5.74) is 0. The van der Waals surface area contributed by atoms with Crippen LogP contribution in [-0.4, -0.2) is 45.5 Å². The second-order valence-corrected chi connectivity index (χ2v) is 7.28. The van der Waals surface area contributed by atoms with E-state index in [4.69, 9.17) is 4.74 Å². The first-order valence-electron chi connectivity index (χ1n) is 7.56. The van der Waals surface area contributed by atoms with Crippen molar-refractivity contribution in [3.63, 3.8) is 0 Å². The lowest BCUT2D eigenvalue weighted by Gasteiger charge is -2.33. The zero-order valence-electron chi connectivity index (χ0n) is 13.0. The van der Waals surface area contributed by atoms with Gasteiger partial charge in [-0.05, 0) is 44.5 Å². The monoisotopic (exact) mass is 330 g/mol. The Morgan fingerprint density at radius 1 is 1.36 bits per heavy atom. The number of rotatable bonds is 6. The molecule has 1 aliphatic heterocycles. The highest BCUT2D eigenvalue weighted by molar-refractivity contribution is 7.89. The van der Waals surface area contributed by atoms with Gasteiger partial charge >= 0.3 is 0 Å². The summed E-state index contributed by atoms with van der Waals surface area (Å²) in [5, 5.41) is 3.24. The van der Waals surface area contributed by atoms with Gasteiger partial charge in [0.1, 0.15) is 0 Å². The quantitative estimate of drug-likeness (QED) is 0.866. The topological polar surface area (TPSA) is 58.6 Å². The van der Waals surface area contributed by atoms with Crippen molar-refractivity contribution in [2.24, 2.45) is 0 Å². The van der Waals surface area contributed by atoms with Gasteiger partial charge < -0.3 is 10.1 Å². The molecule has 1 aromatic rings. The molecule has 0 saturated carbocycles. The Hall–Kier alpha value is -1.18. The van der Waals surface area contributed by atoms with Crippen molar-refractivity contribution in [1.82, 2.24) is 9.62 Å². The molecule has 0 aromatic heterocycles. The highest BCUT2D eigenvalue weighted by Crippen LogP contribution is 2.27. The maximum atomic E-state index is 13.5. The molecule has 0 bridgehead atoms. The van der Waals surface area contributed by atoms with E-state index in [1.54, 1.807) is 4.31 Å². The van der Waals surface area contributed by atoms with Gasteiger partial charge in [0.25, 0.3) is 0 Å². The molecule has 1 aromatic carbocycles. The van der Waals surface area contributed by atoms with E-state index in [1.807, 2.05) is 6.92 Å². The van der Waals surface area contributed by atoms with Crippen molar-refractivity contribution >= 4 is 10.0 Å². The highest BCUT2D eigenvalue weighted by atomic mass is 32.2. The number of benzene rings is 1. The molecule has 0 unspecified atom stereocenters. The van der Waals surface area contributed by atoms with Crippen molar-refractivity contribution in [2.75, 3.05) is 26.7 Å². The minimum absolute atomic E-state index is 0.0118. The minimum Gasteiger partial charge on any atom is -0.494 e. The molecule has 2 rings (SSSR count). The third kappa shape index (κ3) is 3.59. The first-order chi connectivity index (χ1) is 10.5. The van der Waals surface area contributed by atoms with Crippen LogP contribution in [0.3, 0.4) is 0 Å². The smallest absolute Gasteiger partial charge is 0.243 e. The van der Waals surface area contributed by atoms with Crippen molar-refractivity contribution in [3.05, 3.63) is 24.0 Å². The summed E-state index contributed by atoms with van der Waals surface area (Å²) in [6.45, 7) is 4.04. The van der Waals surface area contributed by atoms with Gasteiger partial charge in [-0.25, -0.2) is 12.8 Å². The van der Waals surface area contributed by atoms with E-state index in [0.29, 0.717) is 6.54 Å². The van der Waals surface area contributed by atoms with Crippen LogP contribution >= 0.6 is 0 Å². The zero-order chi connectivity index (χ0) is 16.2. The molecule has 1 N–H and O–H groups in total. The van der Waals surface area contributed by atoms with Crippen molar-refractivity contribution < 1.29 is 17.5 Å². The van der Waals surface area contributed by atoms with Crippen molar-refractivity contribution in [1.29, 1.82) is 0 Å². The second-order valence-electron chi connectivity index (χ2n) is 5.39. The molecule has 1 heterocycles. The number of hydrogen-bond donors (Lipinski definition) is 1. The van der Waals surface area contributed by atoms with Crippen LogP contribution in [0.2, 0.25) is 0 Å². The Labute approximate surface area is 131 Å².